The van der Waals surface area contributed by atoms with Crippen molar-refractivity contribution in [2.75, 3.05) is 26.9 Å². The van der Waals surface area contributed by atoms with Crippen molar-refractivity contribution < 1.29 is 9.53 Å². The second kappa shape index (κ2) is 6.92. The molecule has 5 heteroatoms. The van der Waals surface area contributed by atoms with Crippen LogP contribution in [-0.2, 0) is 4.74 Å². The Hall–Kier alpha value is -1.46. The minimum atomic E-state index is -0.180. The predicted octanol–water partition coefficient (Wildman–Crippen LogP) is 0.00490. The lowest BCUT2D eigenvalue weighted by molar-refractivity contribution is 0.0944. The zero-order valence-electron chi connectivity index (χ0n) is 8.69. The maximum Gasteiger partial charge on any atom is 0.270 e. The SMILES string of the molecule is COCCNCNC(=O)c1ccccn1. The topological polar surface area (TPSA) is 63.2 Å². The van der Waals surface area contributed by atoms with Gasteiger partial charge in [0.25, 0.3) is 5.91 Å². The number of pyridine rings is 1. The zero-order valence-corrected chi connectivity index (χ0v) is 8.69. The Morgan fingerprint density at radius 3 is 3.07 bits per heavy atom. The van der Waals surface area contributed by atoms with Crippen LogP contribution in [0.2, 0.25) is 0 Å². The van der Waals surface area contributed by atoms with E-state index in [0.29, 0.717) is 25.5 Å². The van der Waals surface area contributed by atoms with Crippen LogP contribution in [0.4, 0.5) is 0 Å². The standard InChI is InChI=1S/C10H15N3O2/c1-15-7-6-11-8-13-10(14)9-4-2-3-5-12-9/h2-5,11H,6-8H2,1H3,(H,13,14). The summed E-state index contributed by atoms with van der Waals surface area (Å²) in [7, 11) is 1.63. The average molecular weight is 209 g/mol. The van der Waals surface area contributed by atoms with Crippen molar-refractivity contribution in [2.24, 2.45) is 0 Å². The number of amides is 1. The highest BCUT2D eigenvalue weighted by Crippen LogP contribution is 1.91. The van der Waals surface area contributed by atoms with Crippen LogP contribution in [0.15, 0.2) is 24.4 Å². The largest absolute Gasteiger partial charge is 0.383 e. The van der Waals surface area contributed by atoms with E-state index >= 15 is 0 Å². The quantitative estimate of drug-likeness (QED) is 0.511. The van der Waals surface area contributed by atoms with E-state index in [1.165, 1.54) is 0 Å². The molecule has 0 spiro atoms. The summed E-state index contributed by atoms with van der Waals surface area (Å²) in [4.78, 5) is 15.4. The molecule has 2 N–H and O–H groups in total. The Kier molecular flexibility index (Phi) is 5.35. The molecule has 0 aliphatic rings. The van der Waals surface area contributed by atoms with E-state index < -0.39 is 0 Å². The van der Waals surface area contributed by atoms with Crippen molar-refractivity contribution in [3.8, 4) is 0 Å². The van der Waals surface area contributed by atoms with Crippen LogP contribution in [0.25, 0.3) is 0 Å². The molecule has 82 valence electrons. The van der Waals surface area contributed by atoms with Gasteiger partial charge in [-0.3, -0.25) is 15.1 Å². The molecule has 1 rings (SSSR count). The average Bonchev–Trinajstić information content (AvgIpc) is 2.30. The summed E-state index contributed by atoms with van der Waals surface area (Å²) in [5, 5.41) is 5.69. The first-order valence-corrected chi connectivity index (χ1v) is 4.73. The van der Waals surface area contributed by atoms with Gasteiger partial charge in [0.05, 0.1) is 13.3 Å². The van der Waals surface area contributed by atoms with Gasteiger partial charge in [-0.1, -0.05) is 6.07 Å². The molecule has 0 aliphatic carbocycles. The molecule has 1 heterocycles. The van der Waals surface area contributed by atoms with Crippen molar-refractivity contribution >= 4 is 5.91 Å². The maximum absolute atomic E-state index is 11.4. The number of methoxy groups -OCH3 is 1. The Morgan fingerprint density at radius 2 is 2.40 bits per heavy atom. The second-order valence-electron chi connectivity index (χ2n) is 2.89. The van der Waals surface area contributed by atoms with E-state index in [0.717, 1.165) is 0 Å². The van der Waals surface area contributed by atoms with Gasteiger partial charge in [-0.25, -0.2) is 0 Å². The van der Waals surface area contributed by atoms with E-state index in [9.17, 15) is 4.79 Å². The monoisotopic (exact) mass is 209 g/mol. The molecule has 0 aliphatic heterocycles. The van der Waals surface area contributed by atoms with E-state index in [1.807, 2.05) is 0 Å². The Balaban J connectivity index is 2.20. The summed E-state index contributed by atoms with van der Waals surface area (Å²) < 4.78 is 4.85. The third-order valence-corrected chi connectivity index (χ3v) is 1.75. The highest BCUT2D eigenvalue weighted by molar-refractivity contribution is 5.92. The summed E-state index contributed by atoms with van der Waals surface area (Å²) in [5.74, 6) is -0.180. The Bertz CT molecular complexity index is 290. The lowest BCUT2D eigenvalue weighted by Gasteiger charge is -2.05. The Morgan fingerprint density at radius 1 is 1.53 bits per heavy atom. The van der Waals surface area contributed by atoms with Gasteiger partial charge in [0.2, 0.25) is 0 Å². The number of nitrogens with zero attached hydrogens (tertiary/aromatic N) is 1. The van der Waals surface area contributed by atoms with E-state index in [2.05, 4.69) is 15.6 Å². The van der Waals surface area contributed by atoms with Gasteiger partial charge in [0.1, 0.15) is 5.69 Å². The number of ether oxygens (including phenoxy) is 1. The molecule has 0 unspecified atom stereocenters. The minimum Gasteiger partial charge on any atom is -0.383 e. The maximum atomic E-state index is 11.4. The number of hydrogen-bond acceptors (Lipinski definition) is 4. The molecule has 0 saturated heterocycles. The van der Waals surface area contributed by atoms with Gasteiger partial charge in [0, 0.05) is 19.9 Å². The smallest absolute Gasteiger partial charge is 0.270 e. The third kappa shape index (κ3) is 4.53. The lowest BCUT2D eigenvalue weighted by Crippen LogP contribution is -2.35. The van der Waals surface area contributed by atoms with Crippen LogP contribution < -0.4 is 10.6 Å². The van der Waals surface area contributed by atoms with E-state index in [4.69, 9.17) is 4.74 Å². The van der Waals surface area contributed by atoms with Gasteiger partial charge >= 0.3 is 0 Å². The summed E-state index contributed by atoms with van der Waals surface area (Å²) in [5.41, 5.74) is 0.422. The van der Waals surface area contributed by atoms with E-state index in [-0.39, 0.29) is 5.91 Å². The molecule has 1 aromatic rings. The summed E-state index contributed by atoms with van der Waals surface area (Å²) in [6.07, 6.45) is 1.59. The summed E-state index contributed by atoms with van der Waals surface area (Å²) >= 11 is 0. The zero-order chi connectivity index (χ0) is 10.9. The second-order valence-corrected chi connectivity index (χ2v) is 2.89. The number of rotatable bonds is 6. The van der Waals surface area contributed by atoms with Crippen LogP contribution >= 0.6 is 0 Å². The van der Waals surface area contributed by atoms with Gasteiger partial charge in [-0.05, 0) is 12.1 Å². The molecular weight excluding hydrogens is 194 g/mol. The molecule has 1 aromatic heterocycles. The van der Waals surface area contributed by atoms with E-state index in [1.54, 1.807) is 31.5 Å². The molecule has 5 nitrogen and oxygen atoms in total. The minimum absolute atomic E-state index is 0.180. The van der Waals surface area contributed by atoms with Crippen LogP contribution in [0.5, 0.6) is 0 Å². The fourth-order valence-corrected chi connectivity index (χ4v) is 0.993. The van der Waals surface area contributed by atoms with Crippen molar-refractivity contribution in [1.82, 2.24) is 15.6 Å². The van der Waals surface area contributed by atoms with Crippen LogP contribution in [-0.4, -0.2) is 37.8 Å². The first kappa shape index (κ1) is 11.6. The first-order chi connectivity index (χ1) is 7.34. The van der Waals surface area contributed by atoms with Crippen molar-refractivity contribution in [3.05, 3.63) is 30.1 Å². The lowest BCUT2D eigenvalue weighted by atomic mass is 10.3. The molecule has 0 aromatic carbocycles. The molecular formula is C10H15N3O2. The fraction of sp³-hybridized carbons (Fsp3) is 0.400. The fourth-order valence-electron chi connectivity index (χ4n) is 0.993. The van der Waals surface area contributed by atoms with Crippen LogP contribution in [0.1, 0.15) is 10.5 Å². The number of nitrogens with one attached hydrogen (secondary N) is 2. The first-order valence-electron chi connectivity index (χ1n) is 4.73. The molecule has 0 atom stereocenters. The highest BCUT2D eigenvalue weighted by Gasteiger charge is 2.03. The van der Waals surface area contributed by atoms with Gasteiger partial charge in [-0.15, -0.1) is 0 Å². The van der Waals surface area contributed by atoms with Crippen molar-refractivity contribution in [1.29, 1.82) is 0 Å². The third-order valence-electron chi connectivity index (χ3n) is 1.75. The number of carbonyl (C=O) groups is 1. The van der Waals surface area contributed by atoms with Gasteiger partial charge in [0.15, 0.2) is 0 Å². The number of hydrogen-bond donors (Lipinski definition) is 2. The molecule has 0 saturated carbocycles. The normalized spacial score (nSPS) is 9.93. The van der Waals surface area contributed by atoms with Gasteiger partial charge in [-0.2, -0.15) is 0 Å². The Labute approximate surface area is 88.9 Å². The van der Waals surface area contributed by atoms with Crippen LogP contribution in [0, 0.1) is 0 Å². The predicted molar refractivity (Wildman–Crippen MR) is 56.4 cm³/mol. The van der Waals surface area contributed by atoms with Crippen molar-refractivity contribution in [3.63, 3.8) is 0 Å². The van der Waals surface area contributed by atoms with Gasteiger partial charge < -0.3 is 10.1 Å². The molecule has 1 amide bonds. The molecule has 0 radical (unpaired) electrons. The molecule has 0 bridgehead atoms. The molecule has 15 heavy (non-hydrogen) atoms. The number of aromatic nitrogens is 1. The molecule has 0 fully saturated rings. The van der Waals surface area contributed by atoms with Crippen LogP contribution in [0.3, 0.4) is 0 Å². The summed E-state index contributed by atoms with van der Waals surface area (Å²) in [6, 6.07) is 5.22. The van der Waals surface area contributed by atoms with Crippen molar-refractivity contribution in [2.45, 2.75) is 0 Å². The number of carbonyl (C=O) groups excluding carboxylic acids is 1. The highest BCUT2D eigenvalue weighted by atomic mass is 16.5. The summed E-state index contributed by atoms with van der Waals surface area (Å²) in [6.45, 7) is 1.75.